The molecule has 0 aromatic heterocycles. The molecule has 8 heteroatoms. The third-order valence-electron chi connectivity index (χ3n) is 6.52. The number of anilines is 1. The van der Waals surface area contributed by atoms with Crippen LogP contribution < -0.4 is 14.8 Å². The highest BCUT2D eigenvalue weighted by Crippen LogP contribution is 2.46. The second kappa shape index (κ2) is 9.68. The highest BCUT2D eigenvalue weighted by atomic mass is 32.2. The predicted molar refractivity (Wildman–Crippen MR) is 132 cm³/mol. The number of hydrogen-bond acceptors (Lipinski definition) is 5. The van der Waals surface area contributed by atoms with Crippen LogP contribution in [0.5, 0.6) is 5.75 Å². The first-order valence-electron chi connectivity index (χ1n) is 11.5. The molecule has 1 heterocycles. The van der Waals surface area contributed by atoms with Crippen LogP contribution in [0.2, 0.25) is 0 Å². The van der Waals surface area contributed by atoms with Gasteiger partial charge in [0.15, 0.2) is 0 Å². The summed E-state index contributed by atoms with van der Waals surface area (Å²) in [5, 5.41) is 2.87. The molecule has 178 valence electrons. The summed E-state index contributed by atoms with van der Waals surface area (Å²) < 4.78 is 36.4. The molecule has 6 nitrogen and oxygen atoms in total. The molecule has 1 spiro atoms. The second-order valence-electron chi connectivity index (χ2n) is 9.27. The van der Waals surface area contributed by atoms with Crippen LogP contribution in [-0.4, -0.2) is 26.2 Å². The molecule has 2 aliphatic rings. The Kier molecular flexibility index (Phi) is 7.07. The molecule has 1 saturated carbocycles. The number of benzene rings is 2. The number of carbonyl (C=O) groups excluding carboxylic acids is 1. The van der Waals surface area contributed by atoms with Gasteiger partial charge in [0, 0.05) is 22.8 Å². The van der Waals surface area contributed by atoms with Crippen molar-refractivity contribution < 1.29 is 17.9 Å². The monoisotopic (exact) mass is 488 g/mol. The number of sulfonamides is 1. The summed E-state index contributed by atoms with van der Waals surface area (Å²) in [6, 6.07) is 12.2. The van der Waals surface area contributed by atoms with Gasteiger partial charge in [0.25, 0.3) is 0 Å². The molecule has 1 amide bonds. The van der Waals surface area contributed by atoms with E-state index in [-0.39, 0.29) is 28.4 Å². The minimum atomic E-state index is -3.83. The third kappa shape index (κ3) is 5.23. The second-order valence-corrected chi connectivity index (χ2v) is 11.8. The van der Waals surface area contributed by atoms with E-state index in [0.29, 0.717) is 12.1 Å². The van der Waals surface area contributed by atoms with E-state index in [1.54, 1.807) is 32.0 Å². The normalized spacial score (nSPS) is 19.7. The minimum Gasteiger partial charge on any atom is -0.487 e. The predicted octanol–water partition coefficient (Wildman–Crippen LogP) is 5.51. The largest absolute Gasteiger partial charge is 0.487 e. The lowest BCUT2D eigenvalue weighted by atomic mass is 9.77. The quantitative estimate of drug-likeness (QED) is 0.524. The Bertz CT molecular complexity index is 1120. The Morgan fingerprint density at radius 2 is 1.85 bits per heavy atom. The summed E-state index contributed by atoms with van der Waals surface area (Å²) in [6.45, 7) is 3.61. The molecular weight excluding hydrogens is 456 g/mol. The molecule has 1 unspecified atom stereocenters. The Labute approximate surface area is 200 Å². The van der Waals surface area contributed by atoms with Gasteiger partial charge in [-0.2, -0.15) is 0 Å². The van der Waals surface area contributed by atoms with Gasteiger partial charge in [-0.05, 0) is 56.2 Å². The average molecular weight is 489 g/mol. The lowest BCUT2D eigenvalue weighted by molar-refractivity contribution is -0.118. The van der Waals surface area contributed by atoms with Gasteiger partial charge in [0.05, 0.1) is 16.6 Å². The highest BCUT2D eigenvalue weighted by Gasteiger charge is 2.43. The van der Waals surface area contributed by atoms with Crippen LogP contribution in [0.1, 0.15) is 64.0 Å². The number of ether oxygens (including phenoxy) is 1. The van der Waals surface area contributed by atoms with Crippen molar-refractivity contribution in [2.75, 3.05) is 11.6 Å². The average Bonchev–Trinajstić information content (AvgIpc) is 2.79. The van der Waals surface area contributed by atoms with E-state index >= 15 is 0 Å². The first kappa shape index (κ1) is 24.1. The Balaban J connectivity index is 1.64. The zero-order chi connectivity index (χ0) is 23.6. The summed E-state index contributed by atoms with van der Waals surface area (Å²) in [6.07, 6.45) is 7.77. The van der Waals surface area contributed by atoms with Gasteiger partial charge in [-0.3, -0.25) is 4.79 Å². The molecule has 2 aromatic rings. The summed E-state index contributed by atoms with van der Waals surface area (Å²) in [5.74, 6) is 0.412. The summed E-state index contributed by atoms with van der Waals surface area (Å²) in [5.41, 5.74) is 1.06. The highest BCUT2D eigenvalue weighted by molar-refractivity contribution is 7.98. The van der Waals surface area contributed by atoms with Crippen molar-refractivity contribution in [3.05, 3.63) is 48.0 Å². The first-order valence-corrected chi connectivity index (χ1v) is 14.2. The molecule has 1 fully saturated rings. The van der Waals surface area contributed by atoms with E-state index < -0.39 is 10.0 Å². The molecule has 0 saturated heterocycles. The van der Waals surface area contributed by atoms with Crippen molar-refractivity contribution in [2.24, 2.45) is 5.92 Å². The van der Waals surface area contributed by atoms with Crippen molar-refractivity contribution in [2.45, 2.75) is 73.8 Å². The fraction of sp³-hybridized carbons (Fsp3) is 0.480. The molecule has 2 aromatic carbocycles. The van der Waals surface area contributed by atoms with Crippen molar-refractivity contribution in [1.82, 2.24) is 4.72 Å². The van der Waals surface area contributed by atoms with Crippen LogP contribution >= 0.6 is 11.8 Å². The van der Waals surface area contributed by atoms with Gasteiger partial charge in [-0.1, -0.05) is 38.5 Å². The first-order chi connectivity index (χ1) is 15.7. The molecule has 1 aliphatic heterocycles. The lowest BCUT2D eigenvalue weighted by Crippen LogP contribution is -2.46. The Morgan fingerprint density at radius 1 is 1.12 bits per heavy atom. The minimum absolute atomic E-state index is 0.140. The fourth-order valence-corrected chi connectivity index (χ4v) is 6.49. The number of hydrogen-bond donors (Lipinski definition) is 2. The standard InChI is InChI=1S/C25H32N2O4S2/c1-17(2)24(28)26-20-15-18(11-12-23(20)32-3)33(29,30)27-21-16-25(13-7-4-8-14-25)31-22-10-6-5-9-19(21)22/h5-6,9-12,15,17,21,27H,4,7-8,13-14,16H2,1-3H3,(H,26,28). The number of fused-ring (bicyclic) bond motifs is 1. The zero-order valence-corrected chi connectivity index (χ0v) is 21.0. The molecule has 1 atom stereocenters. The van der Waals surface area contributed by atoms with E-state index in [2.05, 4.69) is 10.0 Å². The zero-order valence-electron chi connectivity index (χ0n) is 19.4. The maximum absolute atomic E-state index is 13.5. The SMILES string of the molecule is CSc1ccc(S(=O)(=O)NC2CC3(CCCCC3)Oc3ccccc32)cc1NC(=O)C(C)C. The van der Waals surface area contributed by atoms with E-state index in [1.807, 2.05) is 30.5 Å². The van der Waals surface area contributed by atoms with Crippen molar-refractivity contribution >= 4 is 33.4 Å². The lowest BCUT2D eigenvalue weighted by Gasteiger charge is -2.44. The third-order valence-corrected chi connectivity index (χ3v) is 8.79. The number of nitrogens with one attached hydrogen (secondary N) is 2. The molecule has 2 N–H and O–H groups in total. The summed E-state index contributed by atoms with van der Waals surface area (Å²) in [4.78, 5) is 13.2. The number of rotatable bonds is 6. The molecule has 0 bridgehead atoms. The van der Waals surface area contributed by atoms with Crippen LogP contribution in [0.15, 0.2) is 52.3 Å². The van der Waals surface area contributed by atoms with Gasteiger partial charge in [0.1, 0.15) is 11.4 Å². The number of para-hydroxylation sites is 1. The van der Waals surface area contributed by atoms with Crippen LogP contribution in [0, 0.1) is 5.92 Å². The smallest absolute Gasteiger partial charge is 0.241 e. The van der Waals surface area contributed by atoms with E-state index in [0.717, 1.165) is 41.9 Å². The van der Waals surface area contributed by atoms with Crippen LogP contribution in [0.3, 0.4) is 0 Å². The molecule has 1 aliphatic carbocycles. The number of carbonyl (C=O) groups is 1. The fourth-order valence-electron chi connectivity index (χ4n) is 4.71. The van der Waals surface area contributed by atoms with Crippen molar-refractivity contribution in [1.29, 1.82) is 0 Å². The Hall–Kier alpha value is -2.03. The number of amides is 1. The van der Waals surface area contributed by atoms with E-state index in [9.17, 15) is 13.2 Å². The van der Waals surface area contributed by atoms with Crippen LogP contribution in [-0.2, 0) is 14.8 Å². The maximum atomic E-state index is 13.5. The summed E-state index contributed by atoms with van der Waals surface area (Å²) in [7, 11) is -3.83. The topological polar surface area (TPSA) is 84.5 Å². The molecular formula is C25H32N2O4S2. The van der Waals surface area contributed by atoms with Gasteiger partial charge < -0.3 is 10.1 Å². The van der Waals surface area contributed by atoms with Gasteiger partial charge in [-0.25, -0.2) is 13.1 Å². The number of thioether (sulfide) groups is 1. The van der Waals surface area contributed by atoms with Crippen molar-refractivity contribution in [3.8, 4) is 5.75 Å². The van der Waals surface area contributed by atoms with Gasteiger partial charge in [0.2, 0.25) is 15.9 Å². The van der Waals surface area contributed by atoms with Crippen LogP contribution in [0.4, 0.5) is 5.69 Å². The van der Waals surface area contributed by atoms with Crippen LogP contribution in [0.25, 0.3) is 0 Å². The Morgan fingerprint density at radius 3 is 2.55 bits per heavy atom. The molecule has 0 radical (unpaired) electrons. The van der Waals surface area contributed by atoms with Crippen molar-refractivity contribution in [3.63, 3.8) is 0 Å². The van der Waals surface area contributed by atoms with Gasteiger partial charge >= 0.3 is 0 Å². The summed E-state index contributed by atoms with van der Waals surface area (Å²) >= 11 is 1.46. The van der Waals surface area contributed by atoms with E-state index in [4.69, 9.17) is 4.74 Å². The molecule has 4 rings (SSSR count). The van der Waals surface area contributed by atoms with E-state index in [1.165, 1.54) is 18.2 Å². The molecule has 33 heavy (non-hydrogen) atoms. The maximum Gasteiger partial charge on any atom is 0.241 e. The van der Waals surface area contributed by atoms with Gasteiger partial charge in [-0.15, -0.1) is 11.8 Å².